The molecule has 2 amide bonds. The van der Waals surface area contributed by atoms with Gasteiger partial charge in [0.25, 0.3) is 0 Å². The molecule has 4 aromatic rings. The van der Waals surface area contributed by atoms with Gasteiger partial charge in [0.15, 0.2) is 0 Å². The summed E-state index contributed by atoms with van der Waals surface area (Å²) < 4.78 is 17.7. The number of nitrogens with one attached hydrogen (secondary N) is 2. The highest BCUT2D eigenvalue weighted by Crippen LogP contribution is 2.47. The van der Waals surface area contributed by atoms with E-state index in [0.29, 0.717) is 41.3 Å². The predicted molar refractivity (Wildman–Crippen MR) is 198 cm³/mol. The largest absolute Gasteiger partial charge is 0.497 e. The Morgan fingerprint density at radius 1 is 0.904 bits per heavy atom. The molecule has 3 aliphatic rings. The van der Waals surface area contributed by atoms with Gasteiger partial charge >= 0.3 is 5.97 Å². The number of carboxylic acids is 1. The Morgan fingerprint density at radius 2 is 1.65 bits per heavy atom. The third-order valence-corrected chi connectivity index (χ3v) is 10.8. The average molecular weight is 707 g/mol. The summed E-state index contributed by atoms with van der Waals surface area (Å²) in [7, 11) is 3.21. The first kappa shape index (κ1) is 35.1. The van der Waals surface area contributed by atoms with Crippen LogP contribution in [-0.4, -0.2) is 77.3 Å². The minimum atomic E-state index is -1.31. The molecule has 7 rings (SSSR count). The van der Waals surface area contributed by atoms with Crippen molar-refractivity contribution >= 4 is 34.4 Å². The minimum absolute atomic E-state index is 0.129. The summed E-state index contributed by atoms with van der Waals surface area (Å²) in [6, 6.07) is 23.2. The Bertz CT molecular complexity index is 1940. The van der Waals surface area contributed by atoms with Crippen LogP contribution in [-0.2, 0) is 14.4 Å². The first-order chi connectivity index (χ1) is 25.3. The quantitative estimate of drug-likeness (QED) is 0.189. The van der Waals surface area contributed by atoms with E-state index in [1.165, 1.54) is 0 Å². The van der Waals surface area contributed by atoms with Crippen molar-refractivity contribution in [3.05, 3.63) is 78.9 Å². The van der Waals surface area contributed by atoms with Gasteiger partial charge in [0.05, 0.1) is 32.0 Å². The SMILES string of the molecule is COc1cccc(N[C@H]2CCCCCCC[C@@H]3C[C@@]3(C(=O)O)NC(=O)[C@@H]3C[C@@H](Oc4cc(-c5ccccc5)nc5cc(OC)ccc45)CN3C2=O)c1. The number of carboxylic acid groups (broad SMARTS) is 1. The van der Waals surface area contributed by atoms with Gasteiger partial charge in [0, 0.05) is 41.3 Å². The number of hydrogen-bond donors (Lipinski definition) is 3. The van der Waals surface area contributed by atoms with Crippen molar-refractivity contribution in [3.8, 4) is 28.5 Å². The van der Waals surface area contributed by atoms with E-state index in [1.807, 2.05) is 78.9 Å². The highest BCUT2D eigenvalue weighted by molar-refractivity contribution is 5.96. The number of hydrogen-bond acceptors (Lipinski definition) is 8. The second kappa shape index (κ2) is 15.1. The van der Waals surface area contributed by atoms with Gasteiger partial charge in [-0.05, 0) is 49.4 Å². The Balaban J connectivity index is 1.23. The molecule has 0 spiro atoms. The zero-order valence-electron chi connectivity index (χ0n) is 29.7. The molecule has 52 heavy (non-hydrogen) atoms. The molecule has 3 aromatic carbocycles. The number of amides is 2. The zero-order chi connectivity index (χ0) is 36.2. The molecule has 0 unspecified atom stereocenters. The minimum Gasteiger partial charge on any atom is -0.497 e. The predicted octanol–water partition coefficient (Wildman–Crippen LogP) is 6.45. The molecule has 1 saturated carbocycles. The molecule has 1 aliphatic carbocycles. The number of anilines is 1. The third-order valence-electron chi connectivity index (χ3n) is 10.8. The molecule has 5 atom stereocenters. The third kappa shape index (κ3) is 7.35. The fourth-order valence-corrected chi connectivity index (χ4v) is 7.80. The van der Waals surface area contributed by atoms with Gasteiger partial charge in [0.2, 0.25) is 11.8 Å². The van der Waals surface area contributed by atoms with Crippen LogP contribution in [0.3, 0.4) is 0 Å². The first-order valence-electron chi connectivity index (χ1n) is 18.3. The fourth-order valence-electron chi connectivity index (χ4n) is 7.80. The van der Waals surface area contributed by atoms with Crippen molar-refractivity contribution in [1.82, 2.24) is 15.2 Å². The molecule has 3 heterocycles. The molecule has 3 fully saturated rings. The van der Waals surface area contributed by atoms with Crippen LogP contribution in [0, 0.1) is 5.92 Å². The van der Waals surface area contributed by atoms with Crippen LogP contribution in [0.15, 0.2) is 78.9 Å². The van der Waals surface area contributed by atoms with Gasteiger partial charge in [-0.1, -0.05) is 68.5 Å². The van der Waals surface area contributed by atoms with Crippen molar-refractivity contribution in [2.75, 3.05) is 26.1 Å². The number of rotatable bonds is 8. The maximum atomic E-state index is 14.7. The van der Waals surface area contributed by atoms with E-state index >= 15 is 0 Å². The van der Waals surface area contributed by atoms with Gasteiger partial charge in [-0.25, -0.2) is 9.78 Å². The number of nitrogens with zero attached hydrogens (tertiary/aromatic N) is 2. The summed E-state index contributed by atoms with van der Waals surface area (Å²) in [5.74, 6) is 0.0485. The van der Waals surface area contributed by atoms with Crippen molar-refractivity contribution in [2.45, 2.75) is 81.5 Å². The number of ether oxygens (including phenoxy) is 3. The number of aliphatic carboxylic acids is 1. The van der Waals surface area contributed by atoms with E-state index in [1.54, 1.807) is 19.1 Å². The van der Waals surface area contributed by atoms with Gasteiger partial charge < -0.3 is 34.9 Å². The molecule has 11 heteroatoms. The zero-order valence-corrected chi connectivity index (χ0v) is 29.7. The van der Waals surface area contributed by atoms with Crippen LogP contribution in [0.1, 0.15) is 57.8 Å². The second-order valence-corrected chi connectivity index (χ2v) is 14.2. The number of methoxy groups -OCH3 is 2. The Labute approximate surface area is 303 Å². The summed E-state index contributed by atoms with van der Waals surface area (Å²) in [6.07, 6.45) is 6.03. The Hall–Kier alpha value is -5.32. The van der Waals surface area contributed by atoms with E-state index in [4.69, 9.17) is 19.2 Å². The lowest BCUT2D eigenvalue weighted by Crippen LogP contribution is -2.55. The monoisotopic (exact) mass is 706 g/mol. The van der Waals surface area contributed by atoms with Gasteiger partial charge in [-0.15, -0.1) is 0 Å². The lowest BCUT2D eigenvalue weighted by Gasteiger charge is -2.30. The fraction of sp³-hybridized carbons (Fsp3) is 0.415. The summed E-state index contributed by atoms with van der Waals surface area (Å²) in [5, 5.41) is 17.4. The summed E-state index contributed by atoms with van der Waals surface area (Å²) in [5.41, 5.74) is 1.73. The second-order valence-electron chi connectivity index (χ2n) is 14.2. The summed E-state index contributed by atoms with van der Waals surface area (Å²) in [4.78, 5) is 48.0. The normalized spacial score (nSPS) is 25.2. The van der Waals surface area contributed by atoms with E-state index in [2.05, 4.69) is 10.6 Å². The van der Waals surface area contributed by atoms with Crippen LogP contribution in [0.25, 0.3) is 22.2 Å². The van der Waals surface area contributed by atoms with E-state index in [-0.39, 0.29) is 24.8 Å². The van der Waals surface area contributed by atoms with Crippen molar-refractivity contribution in [1.29, 1.82) is 0 Å². The lowest BCUT2D eigenvalue weighted by atomic mass is 10.0. The number of carbonyl (C=O) groups is 3. The number of fused-ring (bicyclic) bond motifs is 3. The van der Waals surface area contributed by atoms with Crippen LogP contribution in [0.4, 0.5) is 5.69 Å². The molecule has 2 aliphatic heterocycles. The van der Waals surface area contributed by atoms with Crippen LogP contribution in [0.2, 0.25) is 0 Å². The van der Waals surface area contributed by atoms with Crippen molar-refractivity contribution in [3.63, 3.8) is 0 Å². The topological polar surface area (TPSA) is 139 Å². The van der Waals surface area contributed by atoms with Gasteiger partial charge in [0.1, 0.15) is 41.0 Å². The maximum Gasteiger partial charge on any atom is 0.329 e. The highest BCUT2D eigenvalue weighted by Gasteiger charge is 2.62. The lowest BCUT2D eigenvalue weighted by molar-refractivity contribution is -0.145. The molecule has 1 aromatic heterocycles. The average Bonchev–Trinajstić information content (AvgIpc) is 3.70. The number of aromatic nitrogens is 1. The number of pyridine rings is 1. The van der Waals surface area contributed by atoms with E-state index in [0.717, 1.165) is 55.2 Å². The smallest absolute Gasteiger partial charge is 0.329 e. The first-order valence-corrected chi connectivity index (χ1v) is 18.3. The standard InChI is InChI=1S/C41H46N4O7/c1-50-29-16-11-15-28(20-29)42-33-17-10-5-3-4-9-14-27-24-41(27,40(48)49)44-38(46)36-22-31(25-45(36)39(33)47)52-37-23-34(26-12-7-6-8-13-26)43-35-21-30(51-2)18-19-32(35)37/h6-8,11-13,15-16,18-21,23,27,31,33,36,42H,3-5,9-10,14,17,22,24-25H2,1-2H3,(H,44,46)(H,48,49)/t27-,31-,33+,36+,41-/m1/s1. The van der Waals surface area contributed by atoms with Crippen molar-refractivity contribution < 1.29 is 33.7 Å². The molecule has 2 saturated heterocycles. The van der Waals surface area contributed by atoms with Crippen LogP contribution < -0.4 is 24.8 Å². The number of benzene rings is 3. The van der Waals surface area contributed by atoms with Crippen molar-refractivity contribution in [2.24, 2.45) is 5.92 Å². The summed E-state index contributed by atoms with van der Waals surface area (Å²) >= 11 is 0. The number of carbonyl (C=O) groups excluding carboxylic acids is 2. The van der Waals surface area contributed by atoms with E-state index < -0.39 is 35.6 Å². The molecule has 272 valence electrons. The van der Waals surface area contributed by atoms with E-state index in [9.17, 15) is 19.5 Å². The van der Waals surface area contributed by atoms with Crippen LogP contribution >= 0.6 is 0 Å². The Morgan fingerprint density at radius 3 is 2.42 bits per heavy atom. The molecular weight excluding hydrogens is 660 g/mol. The molecule has 3 N–H and O–H groups in total. The highest BCUT2D eigenvalue weighted by atomic mass is 16.5. The molecule has 11 nitrogen and oxygen atoms in total. The Kier molecular flexibility index (Phi) is 10.2. The summed E-state index contributed by atoms with van der Waals surface area (Å²) in [6.45, 7) is 0.150. The molecular formula is C41H46N4O7. The molecule has 0 radical (unpaired) electrons. The van der Waals surface area contributed by atoms with Gasteiger partial charge in [-0.3, -0.25) is 9.59 Å². The van der Waals surface area contributed by atoms with Crippen LogP contribution in [0.5, 0.6) is 17.2 Å². The van der Waals surface area contributed by atoms with Gasteiger partial charge in [-0.2, -0.15) is 0 Å². The maximum absolute atomic E-state index is 14.7. The molecule has 0 bridgehead atoms.